The molecule has 2 aromatic carbocycles. The van der Waals surface area contributed by atoms with Gasteiger partial charge in [-0.2, -0.15) is 5.26 Å². The lowest BCUT2D eigenvalue weighted by molar-refractivity contribution is -0.144. The number of benzene rings is 2. The molecule has 0 saturated carbocycles. The predicted octanol–water partition coefficient (Wildman–Crippen LogP) is 3.95. The van der Waals surface area contributed by atoms with Gasteiger partial charge in [-0.3, -0.25) is 4.79 Å². The van der Waals surface area contributed by atoms with Crippen LogP contribution in [0.5, 0.6) is 0 Å². The highest BCUT2D eigenvalue weighted by atomic mass is 16.5. The van der Waals surface area contributed by atoms with E-state index in [-0.39, 0.29) is 5.91 Å². The zero-order valence-electron chi connectivity index (χ0n) is 18.2. The van der Waals surface area contributed by atoms with E-state index >= 15 is 0 Å². The molecule has 2 N–H and O–H groups in total. The molecular weight excluding hydrogens is 416 g/mol. The molecule has 1 amide bonds. The molecule has 1 unspecified atom stereocenters. The quantitative estimate of drug-likeness (QED) is 0.320. The van der Waals surface area contributed by atoms with Crippen LogP contribution < -0.4 is 5.32 Å². The summed E-state index contributed by atoms with van der Waals surface area (Å²) in [5.41, 5.74) is 3.76. The second-order valence-corrected chi connectivity index (χ2v) is 7.68. The van der Waals surface area contributed by atoms with Crippen LogP contribution in [-0.4, -0.2) is 34.6 Å². The molecule has 0 aliphatic rings. The summed E-state index contributed by atoms with van der Waals surface area (Å²) < 4.78 is 6.92. The molecule has 0 spiro atoms. The van der Waals surface area contributed by atoms with Crippen molar-refractivity contribution >= 4 is 39.8 Å². The molecule has 0 radical (unpaired) electrons. The normalized spacial score (nSPS) is 12.1. The topological polar surface area (TPSA) is 99.9 Å². The lowest BCUT2D eigenvalue weighted by Crippen LogP contribution is -2.42. The van der Waals surface area contributed by atoms with E-state index in [4.69, 9.17) is 10.00 Å². The maximum Gasteiger partial charge on any atom is 0.328 e. The summed E-state index contributed by atoms with van der Waals surface area (Å²) in [7, 11) is 1.31. The maximum atomic E-state index is 12.7. The number of H-pyrrole nitrogens is 1. The van der Waals surface area contributed by atoms with Gasteiger partial charge in [0.25, 0.3) is 0 Å². The second kappa shape index (κ2) is 9.88. The first-order valence-corrected chi connectivity index (χ1v) is 10.7. The van der Waals surface area contributed by atoms with E-state index in [2.05, 4.69) is 16.4 Å². The SMILES string of the molecule is COC(=O)C(Cc1c[nH]c2ccccc12)NC(=O)/C=C/c1cn(CCC#N)c2ccccc12. The van der Waals surface area contributed by atoms with Crippen molar-refractivity contribution in [1.29, 1.82) is 5.26 Å². The number of hydrogen-bond acceptors (Lipinski definition) is 4. The Kier molecular flexibility index (Phi) is 6.56. The number of hydrogen-bond donors (Lipinski definition) is 2. The number of carbonyl (C=O) groups excluding carboxylic acids is 2. The van der Waals surface area contributed by atoms with Crippen molar-refractivity contribution in [3.63, 3.8) is 0 Å². The van der Waals surface area contributed by atoms with Gasteiger partial charge in [0.15, 0.2) is 0 Å². The number of ether oxygens (including phenoxy) is 1. The lowest BCUT2D eigenvalue weighted by Gasteiger charge is -2.15. The second-order valence-electron chi connectivity index (χ2n) is 7.68. The third kappa shape index (κ3) is 4.80. The van der Waals surface area contributed by atoms with E-state index in [9.17, 15) is 9.59 Å². The molecule has 7 nitrogen and oxygen atoms in total. The number of carbonyl (C=O) groups is 2. The van der Waals surface area contributed by atoms with Crippen molar-refractivity contribution in [1.82, 2.24) is 14.9 Å². The van der Waals surface area contributed by atoms with Crippen LogP contribution in [0.3, 0.4) is 0 Å². The lowest BCUT2D eigenvalue weighted by atomic mass is 10.0. The number of amides is 1. The Bertz CT molecular complexity index is 1370. The number of esters is 1. The van der Waals surface area contributed by atoms with Crippen LogP contribution in [0.4, 0.5) is 0 Å². The summed E-state index contributed by atoms with van der Waals surface area (Å²) >= 11 is 0. The van der Waals surface area contributed by atoms with Crippen LogP contribution in [-0.2, 0) is 27.3 Å². The first-order chi connectivity index (χ1) is 16.1. The number of fused-ring (bicyclic) bond motifs is 2. The van der Waals surface area contributed by atoms with Crippen molar-refractivity contribution in [2.45, 2.75) is 25.4 Å². The Morgan fingerprint density at radius 3 is 2.73 bits per heavy atom. The minimum atomic E-state index is -0.816. The number of para-hydroxylation sites is 2. The summed E-state index contributed by atoms with van der Waals surface area (Å²) in [5.74, 6) is -0.894. The van der Waals surface area contributed by atoms with Gasteiger partial charge in [-0.15, -0.1) is 0 Å². The molecule has 0 saturated heterocycles. The first-order valence-electron chi connectivity index (χ1n) is 10.7. The third-order valence-electron chi connectivity index (χ3n) is 5.60. The van der Waals surface area contributed by atoms with Gasteiger partial charge in [-0.05, 0) is 23.8 Å². The summed E-state index contributed by atoms with van der Waals surface area (Å²) in [6, 6.07) is 17.0. The number of aryl methyl sites for hydroxylation is 1. The molecule has 0 fully saturated rings. The Morgan fingerprint density at radius 2 is 1.94 bits per heavy atom. The third-order valence-corrected chi connectivity index (χ3v) is 5.60. The van der Waals surface area contributed by atoms with Crippen molar-refractivity contribution < 1.29 is 14.3 Å². The molecule has 4 rings (SSSR count). The van der Waals surface area contributed by atoms with E-state index < -0.39 is 12.0 Å². The summed E-state index contributed by atoms with van der Waals surface area (Å²) in [4.78, 5) is 28.2. The van der Waals surface area contributed by atoms with Gasteiger partial charge in [0.1, 0.15) is 6.04 Å². The molecule has 0 aliphatic carbocycles. The van der Waals surface area contributed by atoms with E-state index in [1.165, 1.54) is 13.2 Å². The van der Waals surface area contributed by atoms with Crippen LogP contribution in [0.15, 0.2) is 67.0 Å². The van der Waals surface area contributed by atoms with Gasteiger partial charge in [0.05, 0.1) is 19.6 Å². The summed E-state index contributed by atoms with van der Waals surface area (Å²) in [6.45, 7) is 0.575. The van der Waals surface area contributed by atoms with Gasteiger partial charge in [0, 0.05) is 58.8 Å². The molecule has 7 heteroatoms. The Labute approximate surface area is 191 Å². The molecule has 0 bridgehead atoms. The smallest absolute Gasteiger partial charge is 0.328 e. The van der Waals surface area contributed by atoms with Crippen molar-refractivity contribution in [3.8, 4) is 6.07 Å². The summed E-state index contributed by atoms with van der Waals surface area (Å²) in [6.07, 6.45) is 7.62. The predicted molar refractivity (Wildman–Crippen MR) is 127 cm³/mol. The molecule has 2 heterocycles. The van der Waals surface area contributed by atoms with Crippen LogP contribution in [0, 0.1) is 11.3 Å². The summed E-state index contributed by atoms with van der Waals surface area (Å²) in [5, 5.41) is 13.7. The van der Waals surface area contributed by atoms with E-state index in [1.807, 2.05) is 65.5 Å². The van der Waals surface area contributed by atoms with Gasteiger partial charge in [-0.25, -0.2) is 4.79 Å². The number of nitrogens with zero attached hydrogens (tertiary/aromatic N) is 2. The maximum absolute atomic E-state index is 12.7. The van der Waals surface area contributed by atoms with Crippen LogP contribution in [0.2, 0.25) is 0 Å². The van der Waals surface area contributed by atoms with Crippen molar-refractivity contribution in [2.24, 2.45) is 0 Å². The number of rotatable bonds is 8. The minimum absolute atomic E-state index is 0.309. The number of aromatic nitrogens is 2. The highest BCUT2D eigenvalue weighted by Gasteiger charge is 2.22. The number of nitriles is 1. The highest BCUT2D eigenvalue weighted by molar-refractivity contribution is 5.98. The average Bonchev–Trinajstić information content (AvgIpc) is 3.42. The molecule has 33 heavy (non-hydrogen) atoms. The van der Waals surface area contributed by atoms with Crippen molar-refractivity contribution in [2.75, 3.05) is 7.11 Å². The van der Waals surface area contributed by atoms with Gasteiger partial charge >= 0.3 is 5.97 Å². The number of nitrogens with one attached hydrogen (secondary N) is 2. The molecule has 4 aromatic rings. The highest BCUT2D eigenvalue weighted by Crippen LogP contribution is 2.23. The molecule has 1 atom stereocenters. The fourth-order valence-corrected chi connectivity index (χ4v) is 4.00. The fourth-order valence-electron chi connectivity index (χ4n) is 4.00. The standard InChI is InChI=1S/C26H24N4O3/c1-33-26(32)23(15-19-16-28-22-9-4-2-7-20(19)22)29-25(31)12-11-18-17-30(14-6-13-27)24-10-5-3-8-21(18)24/h2-5,7-12,16-17,23,28H,6,14-15H2,1H3,(H,29,31)/b12-11+. The van der Waals surface area contributed by atoms with Gasteiger partial charge < -0.3 is 19.6 Å². The fraction of sp³-hybridized carbons (Fsp3) is 0.192. The van der Waals surface area contributed by atoms with Gasteiger partial charge in [-0.1, -0.05) is 36.4 Å². The first kappa shape index (κ1) is 21.9. The molecule has 0 aliphatic heterocycles. The average molecular weight is 441 g/mol. The number of aromatic amines is 1. The Morgan fingerprint density at radius 1 is 1.18 bits per heavy atom. The van der Waals surface area contributed by atoms with Gasteiger partial charge in [0.2, 0.25) is 5.91 Å². The Hall–Kier alpha value is -4.31. The van der Waals surface area contributed by atoms with E-state index in [0.717, 1.165) is 32.9 Å². The van der Waals surface area contributed by atoms with Crippen LogP contribution >= 0.6 is 0 Å². The van der Waals surface area contributed by atoms with E-state index in [1.54, 1.807) is 6.08 Å². The number of methoxy groups -OCH3 is 1. The Balaban J connectivity index is 1.52. The largest absolute Gasteiger partial charge is 0.467 e. The monoisotopic (exact) mass is 440 g/mol. The molecule has 2 aromatic heterocycles. The van der Waals surface area contributed by atoms with Crippen molar-refractivity contribution in [3.05, 3.63) is 78.1 Å². The molecular formula is C26H24N4O3. The zero-order chi connectivity index (χ0) is 23.2. The minimum Gasteiger partial charge on any atom is -0.467 e. The molecule has 166 valence electrons. The van der Waals surface area contributed by atoms with Crippen LogP contribution in [0.25, 0.3) is 27.9 Å². The zero-order valence-corrected chi connectivity index (χ0v) is 18.2. The van der Waals surface area contributed by atoms with Crippen LogP contribution in [0.1, 0.15) is 17.5 Å². The van der Waals surface area contributed by atoms with E-state index in [0.29, 0.717) is 19.4 Å².